The Balaban J connectivity index is 2.21. The van der Waals surface area contributed by atoms with Crippen molar-refractivity contribution in [1.29, 1.82) is 0 Å². The fourth-order valence-corrected chi connectivity index (χ4v) is 4.59. The lowest BCUT2D eigenvalue weighted by atomic mass is 9.91. The van der Waals surface area contributed by atoms with Gasteiger partial charge in [-0.25, -0.2) is 4.98 Å². The lowest BCUT2D eigenvalue weighted by molar-refractivity contribution is 0.560. The first kappa shape index (κ1) is 15.9. The molecule has 0 atom stereocenters. The number of aromatic nitrogens is 1. The normalized spacial score (nSPS) is 17.7. The van der Waals surface area contributed by atoms with Gasteiger partial charge in [-0.2, -0.15) is 0 Å². The molecule has 6 heteroatoms. The van der Waals surface area contributed by atoms with Gasteiger partial charge < -0.3 is 10.2 Å². The minimum absolute atomic E-state index is 0.0676. The highest BCUT2D eigenvalue weighted by Crippen LogP contribution is 2.34. The van der Waals surface area contributed by atoms with Crippen LogP contribution in [0.4, 0.5) is 5.13 Å². The first-order valence-electron chi connectivity index (χ1n) is 7.22. The van der Waals surface area contributed by atoms with Crippen LogP contribution in [0.5, 0.6) is 0 Å². The van der Waals surface area contributed by atoms with E-state index in [4.69, 9.17) is 4.98 Å². The fourth-order valence-electron chi connectivity index (χ4n) is 2.25. The number of nitrogens with one attached hydrogen (secondary N) is 1. The molecule has 1 aliphatic rings. The van der Waals surface area contributed by atoms with Crippen LogP contribution < -0.4 is 10.2 Å². The van der Waals surface area contributed by atoms with Crippen molar-refractivity contribution in [1.82, 2.24) is 10.3 Å². The molecule has 0 aromatic carbocycles. The van der Waals surface area contributed by atoms with Gasteiger partial charge in [0.1, 0.15) is 0 Å². The average molecular weight is 316 g/mol. The van der Waals surface area contributed by atoms with Crippen molar-refractivity contribution in [3.05, 3.63) is 10.6 Å². The van der Waals surface area contributed by atoms with E-state index >= 15 is 0 Å². The summed E-state index contributed by atoms with van der Waals surface area (Å²) in [4.78, 5) is 8.51. The van der Waals surface area contributed by atoms with Crippen molar-refractivity contribution in [3.8, 4) is 0 Å². The molecule has 1 aliphatic heterocycles. The molecule has 0 spiro atoms. The lowest BCUT2D eigenvalue weighted by Gasteiger charge is -2.25. The van der Waals surface area contributed by atoms with Gasteiger partial charge in [0.25, 0.3) is 0 Å². The molecule has 0 unspecified atom stereocenters. The van der Waals surface area contributed by atoms with Crippen molar-refractivity contribution in [3.63, 3.8) is 0 Å². The molecular weight excluding hydrogens is 290 g/mol. The fraction of sp³-hybridized carbons (Fsp3) is 0.786. The zero-order chi connectivity index (χ0) is 14.8. The van der Waals surface area contributed by atoms with Gasteiger partial charge in [0.2, 0.25) is 0 Å². The van der Waals surface area contributed by atoms with E-state index in [2.05, 4.69) is 37.9 Å². The van der Waals surface area contributed by atoms with E-state index in [1.165, 1.54) is 10.6 Å². The van der Waals surface area contributed by atoms with E-state index in [9.17, 15) is 4.21 Å². The van der Waals surface area contributed by atoms with Gasteiger partial charge in [-0.1, -0.05) is 27.7 Å². The Hall–Kier alpha value is -0.460. The molecule has 0 radical (unpaired) electrons. The maximum absolute atomic E-state index is 11.5. The van der Waals surface area contributed by atoms with E-state index in [1.807, 2.05) is 0 Å². The third kappa shape index (κ3) is 3.80. The van der Waals surface area contributed by atoms with Crippen molar-refractivity contribution in [2.45, 2.75) is 39.7 Å². The van der Waals surface area contributed by atoms with Gasteiger partial charge >= 0.3 is 0 Å². The molecule has 1 aromatic heterocycles. The summed E-state index contributed by atoms with van der Waals surface area (Å²) < 4.78 is 11.5. The van der Waals surface area contributed by atoms with Crippen molar-refractivity contribution >= 4 is 27.3 Å². The predicted octanol–water partition coefficient (Wildman–Crippen LogP) is 2.12. The van der Waals surface area contributed by atoms with Crippen LogP contribution in [-0.2, 0) is 22.8 Å². The first-order valence-corrected chi connectivity index (χ1v) is 9.53. The highest BCUT2D eigenvalue weighted by molar-refractivity contribution is 7.85. The Bertz CT molecular complexity index is 469. The molecule has 2 heterocycles. The zero-order valence-corrected chi connectivity index (χ0v) is 14.5. The summed E-state index contributed by atoms with van der Waals surface area (Å²) >= 11 is 1.79. The molecule has 1 N–H and O–H groups in total. The number of anilines is 1. The predicted molar refractivity (Wildman–Crippen MR) is 88.3 cm³/mol. The molecule has 0 bridgehead atoms. The van der Waals surface area contributed by atoms with E-state index < -0.39 is 10.8 Å². The Morgan fingerprint density at radius 1 is 1.35 bits per heavy atom. The van der Waals surface area contributed by atoms with Crippen LogP contribution in [0.3, 0.4) is 0 Å². The molecule has 0 aliphatic carbocycles. The van der Waals surface area contributed by atoms with Gasteiger partial charge in [0.15, 0.2) is 5.13 Å². The number of rotatable bonds is 4. The monoisotopic (exact) mass is 315 g/mol. The summed E-state index contributed by atoms with van der Waals surface area (Å²) in [5.74, 6) is 1.54. The van der Waals surface area contributed by atoms with E-state index in [0.717, 1.165) is 42.8 Å². The molecule has 1 fully saturated rings. The van der Waals surface area contributed by atoms with Crippen molar-refractivity contribution in [2.24, 2.45) is 0 Å². The summed E-state index contributed by atoms with van der Waals surface area (Å²) in [6.07, 6.45) is 0. The molecule has 0 saturated carbocycles. The molecule has 4 nitrogen and oxygen atoms in total. The van der Waals surface area contributed by atoms with Crippen LogP contribution >= 0.6 is 11.3 Å². The smallest absolute Gasteiger partial charge is 0.185 e. The molecular formula is C14H25N3OS2. The third-order valence-electron chi connectivity index (χ3n) is 3.38. The zero-order valence-electron chi connectivity index (χ0n) is 12.9. The summed E-state index contributed by atoms with van der Waals surface area (Å²) in [6.45, 7) is 12.4. The lowest BCUT2D eigenvalue weighted by Crippen LogP contribution is -2.37. The van der Waals surface area contributed by atoms with E-state index in [0.29, 0.717) is 0 Å². The van der Waals surface area contributed by atoms with Gasteiger partial charge in [-0.3, -0.25) is 4.21 Å². The SMILES string of the molecule is CCNCc1sc(N2CCS(=O)CC2)nc1C(C)(C)C. The molecule has 2 rings (SSSR count). The first-order chi connectivity index (χ1) is 9.41. The summed E-state index contributed by atoms with van der Waals surface area (Å²) in [5, 5.41) is 4.50. The van der Waals surface area contributed by atoms with E-state index in [1.54, 1.807) is 11.3 Å². The quantitative estimate of drug-likeness (QED) is 0.924. The van der Waals surface area contributed by atoms with Crippen LogP contribution in [0.1, 0.15) is 38.3 Å². The van der Waals surface area contributed by atoms with Crippen molar-refractivity contribution in [2.75, 3.05) is 36.0 Å². The van der Waals surface area contributed by atoms with Crippen molar-refractivity contribution < 1.29 is 4.21 Å². The average Bonchev–Trinajstić information content (AvgIpc) is 2.81. The molecule has 114 valence electrons. The Kier molecular flexibility index (Phi) is 5.20. The number of thiazole rings is 1. The van der Waals surface area contributed by atoms with Gasteiger partial charge in [0, 0.05) is 52.2 Å². The Morgan fingerprint density at radius 2 is 2.00 bits per heavy atom. The topological polar surface area (TPSA) is 45.2 Å². The van der Waals surface area contributed by atoms with Gasteiger partial charge in [0.05, 0.1) is 5.69 Å². The molecule has 1 saturated heterocycles. The van der Waals surface area contributed by atoms with Crippen LogP contribution in [-0.4, -0.2) is 40.3 Å². The van der Waals surface area contributed by atoms with Gasteiger partial charge in [-0.15, -0.1) is 11.3 Å². The highest BCUT2D eigenvalue weighted by atomic mass is 32.2. The number of nitrogens with zero attached hydrogens (tertiary/aromatic N) is 2. The van der Waals surface area contributed by atoms with Crippen LogP contribution in [0.15, 0.2) is 0 Å². The van der Waals surface area contributed by atoms with Crippen LogP contribution in [0.25, 0.3) is 0 Å². The second kappa shape index (κ2) is 6.54. The maximum Gasteiger partial charge on any atom is 0.185 e. The number of hydrogen-bond acceptors (Lipinski definition) is 5. The van der Waals surface area contributed by atoms with E-state index in [-0.39, 0.29) is 5.41 Å². The van der Waals surface area contributed by atoms with Crippen LogP contribution in [0, 0.1) is 0 Å². The highest BCUT2D eigenvalue weighted by Gasteiger charge is 2.26. The molecule has 1 aromatic rings. The second-order valence-electron chi connectivity index (χ2n) is 6.13. The maximum atomic E-state index is 11.5. The second-order valence-corrected chi connectivity index (χ2v) is 8.89. The molecule has 20 heavy (non-hydrogen) atoms. The number of hydrogen-bond donors (Lipinski definition) is 1. The molecule has 0 amide bonds. The largest absolute Gasteiger partial charge is 0.346 e. The summed E-state index contributed by atoms with van der Waals surface area (Å²) in [6, 6.07) is 0. The standard InChI is InChI=1S/C14H25N3OS2/c1-5-15-10-11-12(14(2,3)4)16-13(19-11)17-6-8-20(18)9-7-17/h15H,5-10H2,1-4H3. The third-order valence-corrected chi connectivity index (χ3v) is 5.77. The Labute approximate surface area is 128 Å². The van der Waals surface area contributed by atoms with Crippen LogP contribution in [0.2, 0.25) is 0 Å². The summed E-state index contributed by atoms with van der Waals surface area (Å²) in [7, 11) is -0.632. The Morgan fingerprint density at radius 3 is 2.55 bits per heavy atom. The van der Waals surface area contributed by atoms with Gasteiger partial charge in [-0.05, 0) is 6.54 Å². The summed E-state index contributed by atoms with van der Waals surface area (Å²) in [5.41, 5.74) is 1.27. The minimum atomic E-state index is -0.632. The minimum Gasteiger partial charge on any atom is -0.346 e.